The molecule has 0 unspecified atom stereocenters. The van der Waals surface area contributed by atoms with Crippen molar-refractivity contribution in [2.45, 2.75) is 39.3 Å². The zero-order valence-electron chi connectivity index (χ0n) is 9.23. The topological polar surface area (TPSA) is 23.1 Å². The van der Waals surface area contributed by atoms with Gasteiger partial charge in [-0.05, 0) is 0 Å². The molecule has 0 rings (SSSR count). The van der Waals surface area contributed by atoms with Crippen molar-refractivity contribution >= 4 is 27.3 Å². The van der Waals surface area contributed by atoms with Gasteiger partial charge in [0.25, 0.3) is 0 Å². The quantitative estimate of drug-likeness (QED) is 0.529. The van der Waals surface area contributed by atoms with Gasteiger partial charge in [0, 0.05) is 0 Å². The van der Waals surface area contributed by atoms with Crippen LogP contribution in [0.15, 0.2) is 0 Å². The van der Waals surface area contributed by atoms with Crippen LogP contribution in [-0.2, 0) is 11.2 Å². The molecular formula is C8H22OSSi2. The lowest BCUT2D eigenvalue weighted by molar-refractivity contribution is 0.602. The molecule has 4 heteroatoms. The van der Waals surface area contributed by atoms with Gasteiger partial charge in [-0.3, -0.25) is 0 Å². The van der Waals surface area contributed by atoms with Gasteiger partial charge < -0.3 is 4.55 Å². The SMILES string of the molecule is C[Si](C)(C)C[S+]([O-])C[Si](C)(C)C. The highest BCUT2D eigenvalue weighted by molar-refractivity contribution is 7.94. The number of rotatable bonds is 4. The average molecular weight is 223 g/mol. The Morgan fingerprint density at radius 1 is 0.833 bits per heavy atom. The maximum absolute atomic E-state index is 11.7. The first-order valence-electron chi connectivity index (χ1n) is 4.45. The summed E-state index contributed by atoms with van der Waals surface area (Å²) >= 11 is -0.535. The third kappa shape index (κ3) is 8.84. The molecule has 0 aromatic rings. The molecule has 0 aromatic carbocycles. The van der Waals surface area contributed by atoms with Gasteiger partial charge in [-0.15, -0.1) is 0 Å². The molecule has 74 valence electrons. The Labute approximate surface area is 82.2 Å². The molecular weight excluding hydrogens is 200 g/mol. The largest absolute Gasteiger partial charge is 0.617 e. The predicted octanol–water partition coefficient (Wildman–Crippen LogP) is 2.49. The Morgan fingerprint density at radius 2 is 1.08 bits per heavy atom. The highest BCUT2D eigenvalue weighted by Crippen LogP contribution is 2.11. The molecule has 0 radical (unpaired) electrons. The zero-order chi connectivity index (χ0) is 9.99. The molecule has 0 fully saturated rings. The third-order valence-electron chi connectivity index (χ3n) is 1.19. The minimum Gasteiger partial charge on any atom is -0.617 e. The molecule has 0 N–H and O–H groups in total. The summed E-state index contributed by atoms with van der Waals surface area (Å²) in [6, 6.07) is 0. The van der Waals surface area contributed by atoms with Crippen molar-refractivity contribution in [1.29, 1.82) is 0 Å². The van der Waals surface area contributed by atoms with E-state index in [0.717, 1.165) is 10.8 Å². The molecule has 0 aromatic heterocycles. The Morgan fingerprint density at radius 3 is 1.25 bits per heavy atom. The van der Waals surface area contributed by atoms with E-state index in [1.54, 1.807) is 0 Å². The van der Waals surface area contributed by atoms with Crippen molar-refractivity contribution < 1.29 is 4.55 Å². The van der Waals surface area contributed by atoms with Crippen molar-refractivity contribution in [2.75, 3.05) is 10.8 Å². The van der Waals surface area contributed by atoms with Gasteiger partial charge in [0.05, 0.1) is 10.8 Å². The van der Waals surface area contributed by atoms with Crippen LogP contribution in [0.4, 0.5) is 0 Å². The summed E-state index contributed by atoms with van der Waals surface area (Å²) in [6.45, 7) is 13.7. The third-order valence-corrected chi connectivity index (χ3v) is 10.7. The lowest BCUT2D eigenvalue weighted by atomic mass is 11.7. The van der Waals surface area contributed by atoms with Gasteiger partial charge >= 0.3 is 0 Å². The van der Waals surface area contributed by atoms with Crippen LogP contribution in [0.1, 0.15) is 0 Å². The van der Waals surface area contributed by atoms with Crippen LogP contribution in [-0.4, -0.2) is 31.5 Å². The Balaban J connectivity index is 3.83. The molecule has 0 aliphatic heterocycles. The molecule has 0 saturated heterocycles. The van der Waals surface area contributed by atoms with Crippen LogP contribution in [0, 0.1) is 0 Å². The minimum absolute atomic E-state index is 0.535. The maximum atomic E-state index is 11.7. The second kappa shape index (κ2) is 4.31. The summed E-state index contributed by atoms with van der Waals surface area (Å²) < 4.78 is 11.7. The van der Waals surface area contributed by atoms with E-state index >= 15 is 0 Å². The first-order valence-corrected chi connectivity index (χ1v) is 13.4. The van der Waals surface area contributed by atoms with Gasteiger partial charge in [0.1, 0.15) is 16.1 Å². The van der Waals surface area contributed by atoms with Gasteiger partial charge in [0.2, 0.25) is 0 Å². The molecule has 0 aliphatic carbocycles. The van der Waals surface area contributed by atoms with Gasteiger partial charge in [0.15, 0.2) is 0 Å². The molecule has 0 aliphatic rings. The molecule has 0 amide bonds. The first kappa shape index (κ1) is 12.7. The van der Waals surface area contributed by atoms with Gasteiger partial charge in [-0.1, -0.05) is 50.5 Å². The first-order chi connectivity index (χ1) is 5.10. The van der Waals surface area contributed by atoms with Crippen LogP contribution in [0.3, 0.4) is 0 Å². The predicted molar refractivity (Wildman–Crippen MR) is 64.6 cm³/mol. The van der Waals surface area contributed by atoms with E-state index in [2.05, 4.69) is 39.3 Å². The van der Waals surface area contributed by atoms with Crippen molar-refractivity contribution in [1.82, 2.24) is 0 Å². The molecule has 1 nitrogen and oxygen atoms in total. The number of hydrogen-bond donors (Lipinski definition) is 0. The minimum atomic E-state index is -1.10. The highest BCUT2D eigenvalue weighted by atomic mass is 32.2. The van der Waals surface area contributed by atoms with Crippen molar-refractivity contribution in [3.8, 4) is 0 Å². The molecule has 12 heavy (non-hydrogen) atoms. The summed E-state index contributed by atoms with van der Waals surface area (Å²) in [7, 11) is -2.20. The molecule has 0 spiro atoms. The van der Waals surface area contributed by atoms with E-state index < -0.39 is 27.3 Å². The number of hydrogen-bond acceptors (Lipinski definition) is 1. The second-order valence-electron chi connectivity index (χ2n) is 5.85. The average Bonchev–Trinajstić information content (AvgIpc) is 1.49. The van der Waals surface area contributed by atoms with Crippen LogP contribution in [0.5, 0.6) is 0 Å². The van der Waals surface area contributed by atoms with E-state index in [9.17, 15) is 4.55 Å². The summed E-state index contributed by atoms with van der Waals surface area (Å²) in [6.07, 6.45) is 0. The monoisotopic (exact) mass is 222 g/mol. The fourth-order valence-electron chi connectivity index (χ4n) is 1.02. The molecule has 0 bridgehead atoms. The van der Waals surface area contributed by atoms with Crippen LogP contribution in [0.25, 0.3) is 0 Å². The van der Waals surface area contributed by atoms with E-state index in [-0.39, 0.29) is 0 Å². The Hall–Kier alpha value is 0.744. The van der Waals surface area contributed by atoms with Crippen molar-refractivity contribution in [3.63, 3.8) is 0 Å². The summed E-state index contributed by atoms with van der Waals surface area (Å²) in [5.41, 5.74) is 0. The second-order valence-corrected chi connectivity index (χ2v) is 19.3. The molecule has 0 atom stereocenters. The fourth-order valence-corrected chi connectivity index (χ4v) is 10.1. The Kier molecular flexibility index (Phi) is 4.57. The van der Waals surface area contributed by atoms with E-state index in [0.29, 0.717) is 0 Å². The Bertz CT molecular complexity index is 121. The summed E-state index contributed by atoms with van der Waals surface area (Å²) in [4.78, 5) is 0. The smallest absolute Gasteiger partial charge is 0.104 e. The van der Waals surface area contributed by atoms with Crippen molar-refractivity contribution in [3.05, 3.63) is 0 Å². The normalized spacial score (nSPS) is 14.0. The van der Waals surface area contributed by atoms with E-state index in [4.69, 9.17) is 0 Å². The lowest BCUT2D eigenvalue weighted by Gasteiger charge is -2.23. The zero-order valence-corrected chi connectivity index (χ0v) is 12.0. The van der Waals surface area contributed by atoms with Crippen LogP contribution < -0.4 is 0 Å². The maximum Gasteiger partial charge on any atom is 0.104 e. The fraction of sp³-hybridized carbons (Fsp3) is 1.00. The van der Waals surface area contributed by atoms with Crippen LogP contribution in [0.2, 0.25) is 39.3 Å². The molecule has 0 saturated carbocycles. The van der Waals surface area contributed by atoms with Gasteiger partial charge in [-0.2, -0.15) is 0 Å². The highest BCUT2D eigenvalue weighted by Gasteiger charge is 2.27. The summed E-state index contributed by atoms with van der Waals surface area (Å²) in [5, 5.41) is 1.97. The van der Waals surface area contributed by atoms with Gasteiger partial charge in [-0.25, -0.2) is 0 Å². The lowest BCUT2D eigenvalue weighted by Crippen LogP contribution is -2.40. The van der Waals surface area contributed by atoms with E-state index in [1.165, 1.54) is 0 Å². The standard InChI is InChI=1S/C8H22OSSi2/c1-11(2,3)7-10(9)8-12(4,5)6/h7-8H2,1-6H3. The summed E-state index contributed by atoms with van der Waals surface area (Å²) in [5.74, 6) is 0. The van der Waals surface area contributed by atoms with Crippen molar-refractivity contribution in [2.24, 2.45) is 0 Å². The van der Waals surface area contributed by atoms with E-state index in [1.807, 2.05) is 0 Å². The van der Waals surface area contributed by atoms with Crippen LogP contribution >= 0.6 is 0 Å². The molecule has 0 heterocycles.